The Morgan fingerprint density at radius 1 is 1.11 bits per heavy atom. The number of H-pyrrole nitrogens is 1. The number of fused-ring (bicyclic) bond motifs is 1. The molecule has 28 heavy (non-hydrogen) atoms. The van der Waals surface area contributed by atoms with Gasteiger partial charge in [0.25, 0.3) is 5.56 Å². The van der Waals surface area contributed by atoms with Crippen LogP contribution in [-0.4, -0.2) is 34.8 Å². The third kappa shape index (κ3) is 3.72. The zero-order valence-corrected chi connectivity index (χ0v) is 16.5. The number of nitrogens with one attached hydrogen (secondary N) is 2. The Kier molecular flexibility index (Phi) is 5.27. The van der Waals surface area contributed by atoms with E-state index in [-0.39, 0.29) is 5.56 Å². The molecule has 0 saturated heterocycles. The average Bonchev–Trinajstić information content (AvgIpc) is 2.73. The molecule has 0 aliphatic carbocycles. The second-order valence-corrected chi connectivity index (χ2v) is 7.13. The fraction of sp³-hybridized carbons (Fsp3) is 0.238. The molecule has 2 heterocycles. The predicted octanol–water partition coefficient (Wildman–Crippen LogP) is 3.33. The molecule has 1 aliphatic heterocycles. The van der Waals surface area contributed by atoms with Gasteiger partial charge in [-0.15, -0.1) is 0 Å². The SMILES string of the molecule is COc1ccc(-n2c3c(c(=O)[nH]c2=S)CN(CCc2ccccc2)CN3)cc1. The lowest BCUT2D eigenvalue weighted by molar-refractivity contribution is 0.276. The summed E-state index contributed by atoms with van der Waals surface area (Å²) in [6, 6.07) is 18.0. The molecule has 144 valence electrons. The lowest BCUT2D eigenvalue weighted by Gasteiger charge is -2.31. The molecule has 0 atom stereocenters. The van der Waals surface area contributed by atoms with E-state index in [0.29, 0.717) is 23.5 Å². The topological polar surface area (TPSA) is 62.3 Å². The largest absolute Gasteiger partial charge is 0.497 e. The van der Waals surface area contributed by atoms with Crippen LogP contribution in [0.25, 0.3) is 5.69 Å². The van der Waals surface area contributed by atoms with Gasteiger partial charge >= 0.3 is 0 Å². The summed E-state index contributed by atoms with van der Waals surface area (Å²) in [5.41, 5.74) is 2.73. The number of methoxy groups -OCH3 is 1. The average molecular weight is 395 g/mol. The molecular weight excluding hydrogens is 372 g/mol. The lowest BCUT2D eigenvalue weighted by Crippen LogP contribution is -2.40. The van der Waals surface area contributed by atoms with Crippen LogP contribution in [0.5, 0.6) is 5.75 Å². The van der Waals surface area contributed by atoms with Gasteiger partial charge in [0.15, 0.2) is 4.77 Å². The number of rotatable bonds is 5. The molecule has 4 rings (SSSR count). The number of anilines is 1. The molecule has 0 radical (unpaired) electrons. The van der Waals surface area contributed by atoms with Crippen LogP contribution in [0.4, 0.5) is 5.82 Å². The second kappa shape index (κ2) is 8.00. The molecule has 0 amide bonds. The minimum atomic E-state index is -0.137. The van der Waals surface area contributed by atoms with Crippen LogP contribution in [0.1, 0.15) is 11.1 Å². The number of benzene rings is 2. The second-order valence-electron chi connectivity index (χ2n) is 6.74. The molecule has 1 aromatic heterocycles. The van der Waals surface area contributed by atoms with Crippen molar-refractivity contribution in [3.63, 3.8) is 0 Å². The maximum atomic E-state index is 12.6. The molecular formula is C21H22N4O2S. The summed E-state index contributed by atoms with van der Waals surface area (Å²) < 4.78 is 7.48. The first-order chi connectivity index (χ1) is 13.7. The Hall–Kier alpha value is -2.90. The Labute approximate surface area is 168 Å². The van der Waals surface area contributed by atoms with Crippen LogP contribution in [0.15, 0.2) is 59.4 Å². The summed E-state index contributed by atoms with van der Waals surface area (Å²) in [7, 11) is 1.63. The molecule has 3 aromatic rings. The highest BCUT2D eigenvalue weighted by Gasteiger charge is 2.22. The van der Waals surface area contributed by atoms with Gasteiger partial charge in [0.1, 0.15) is 11.6 Å². The minimum Gasteiger partial charge on any atom is -0.497 e. The number of nitrogens with zero attached hydrogens (tertiary/aromatic N) is 2. The molecule has 0 saturated carbocycles. The normalized spacial score (nSPS) is 13.6. The molecule has 2 aromatic carbocycles. The van der Waals surface area contributed by atoms with Crippen LogP contribution >= 0.6 is 12.2 Å². The number of aromatic nitrogens is 2. The molecule has 7 heteroatoms. The summed E-state index contributed by atoms with van der Waals surface area (Å²) in [6.07, 6.45) is 0.938. The Morgan fingerprint density at radius 3 is 2.57 bits per heavy atom. The third-order valence-corrected chi connectivity index (χ3v) is 5.23. The van der Waals surface area contributed by atoms with Gasteiger partial charge in [-0.2, -0.15) is 0 Å². The number of hydrogen-bond acceptors (Lipinski definition) is 5. The maximum Gasteiger partial charge on any atom is 0.258 e. The van der Waals surface area contributed by atoms with E-state index >= 15 is 0 Å². The molecule has 2 N–H and O–H groups in total. The summed E-state index contributed by atoms with van der Waals surface area (Å²) >= 11 is 5.44. The van der Waals surface area contributed by atoms with Gasteiger partial charge in [0.05, 0.1) is 25.0 Å². The maximum absolute atomic E-state index is 12.6. The van der Waals surface area contributed by atoms with E-state index in [1.54, 1.807) is 7.11 Å². The first-order valence-electron chi connectivity index (χ1n) is 9.18. The van der Waals surface area contributed by atoms with Gasteiger partial charge in [-0.1, -0.05) is 30.3 Å². The Bertz CT molecular complexity index is 1070. The Balaban J connectivity index is 1.61. The fourth-order valence-corrected chi connectivity index (χ4v) is 3.73. The molecule has 0 fully saturated rings. The van der Waals surface area contributed by atoms with Gasteiger partial charge in [-0.3, -0.25) is 19.2 Å². The first-order valence-corrected chi connectivity index (χ1v) is 9.59. The van der Waals surface area contributed by atoms with E-state index in [2.05, 4.69) is 27.3 Å². The summed E-state index contributed by atoms with van der Waals surface area (Å²) in [6.45, 7) is 2.11. The fourth-order valence-electron chi connectivity index (χ4n) is 3.44. The number of ether oxygens (including phenoxy) is 1. The van der Waals surface area contributed by atoms with Crippen molar-refractivity contribution < 1.29 is 4.74 Å². The van der Waals surface area contributed by atoms with Crippen molar-refractivity contribution in [1.29, 1.82) is 0 Å². The first kappa shape index (κ1) is 18.5. The van der Waals surface area contributed by atoms with Crippen molar-refractivity contribution in [2.45, 2.75) is 13.0 Å². The van der Waals surface area contributed by atoms with Gasteiger partial charge in [0.2, 0.25) is 0 Å². The number of aromatic amines is 1. The summed E-state index contributed by atoms with van der Waals surface area (Å²) in [5, 5.41) is 3.40. The predicted molar refractivity (Wildman–Crippen MR) is 113 cm³/mol. The summed E-state index contributed by atoms with van der Waals surface area (Å²) in [4.78, 5) is 17.6. The smallest absolute Gasteiger partial charge is 0.258 e. The van der Waals surface area contributed by atoms with Gasteiger partial charge < -0.3 is 10.1 Å². The van der Waals surface area contributed by atoms with Crippen molar-refractivity contribution in [2.75, 3.05) is 25.6 Å². The van der Waals surface area contributed by atoms with Crippen molar-refractivity contribution in [3.05, 3.63) is 80.8 Å². The standard InChI is InChI=1S/C21H22N4O2S/c1-27-17-9-7-16(8-10-17)25-19-18(20(26)23-21(25)28)13-24(14-22-19)12-11-15-5-3-2-4-6-15/h2-10,22H,11-14H2,1H3,(H,23,26,28). The lowest BCUT2D eigenvalue weighted by atomic mass is 10.1. The van der Waals surface area contributed by atoms with Crippen LogP contribution in [0.3, 0.4) is 0 Å². The van der Waals surface area contributed by atoms with Gasteiger partial charge in [0, 0.05) is 13.1 Å². The molecule has 0 unspecified atom stereocenters. The highest BCUT2D eigenvalue weighted by molar-refractivity contribution is 7.71. The van der Waals surface area contributed by atoms with Crippen molar-refractivity contribution in [2.24, 2.45) is 0 Å². The van der Waals surface area contributed by atoms with Crippen molar-refractivity contribution >= 4 is 18.0 Å². The van der Waals surface area contributed by atoms with E-state index in [1.807, 2.05) is 47.0 Å². The highest BCUT2D eigenvalue weighted by atomic mass is 32.1. The minimum absolute atomic E-state index is 0.137. The zero-order chi connectivity index (χ0) is 19.5. The molecule has 1 aliphatic rings. The molecule has 0 bridgehead atoms. The van der Waals surface area contributed by atoms with E-state index in [4.69, 9.17) is 17.0 Å². The highest BCUT2D eigenvalue weighted by Crippen LogP contribution is 2.24. The molecule has 0 spiro atoms. The van der Waals surface area contributed by atoms with E-state index in [9.17, 15) is 4.79 Å². The van der Waals surface area contributed by atoms with E-state index in [1.165, 1.54) is 5.56 Å². The van der Waals surface area contributed by atoms with E-state index < -0.39 is 0 Å². The van der Waals surface area contributed by atoms with Crippen molar-refractivity contribution in [1.82, 2.24) is 14.5 Å². The zero-order valence-electron chi connectivity index (χ0n) is 15.6. The van der Waals surface area contributed by atoms with Gasteiger partial charge in [-0.05, 0) is 48.5 Å². The van der Waals surface area contributed by atoms with Crippen LogP contribution < -0.4 is 15.6 Å². The number of hydrogen-bond donors (Lipinski definition) is 2. The van der Waals surface area contributed by atoms with Crippen molar-refractivity contribution in [3.8, 4) is 11.4 Å². The quantitative estimate of drug-likeness (QED) is 0.650. The Morgan fingerprint density at radius 2 is 1.86 bits per heavy atom. The van der Waals surface area contributed by atoms with Crippen LogP contribution in [0, 0.1) is 4.77 Å². The van der Waals surface area contributed by atoms with E-state index in [0.717, 1.165) is 30.2 Å². The monoisotopic (exact) mass is 394 g/mol. The van der Waals surface area contributed by atoms with Crippen LogP contribution in [0.2, 0.25) is 0 Å². The molecule has 6 nitrogen and oxygen atoms in total. The summed E-state index contributed by atoms with van der Waals surface area (Å²) in [5.74, 6) is 1.53. The third-order valence-electron chi connectivity index (χ3n) is 4.95. The van der Waals surface area contributed by atoms with Gasteiger partial charge in [-0.25, -0.2) is 0 Å². The van der Waals surface area contributed by atoms with Crippen LogP contribution in [-0.2, 0) is 13.0 Å².